The summed E-state index contributed by atoms with van der Waals surface area (Å²) >= 11 is 1.39. The number of fused-ring (bicyclic) bond motifs is 1. The molecule has 0 unspecified atom stereocenters. The van der Waals surface area contributed by atoms with Crippen molar-refractivity contribution in [2.75, 3.05) is 16.0 Å². The molecule has 0 fully saturated rings. The number of benzene rings is 2. The molecule has 2 aromatic rings. The molecule has 7 heteroatoms. The second-order valence-corrected chi connectivity index (χ2v) is 6.85. The largest absolute Gasteiger partial charge is 0.326 e. The van der Waals surface area contributed by atoms with Gasteiger partial charge >= 0.3 is 0 Å². The van der Waals surface area contributed by atoms with E-state index in [4.69, 9.17) is 0 Å². The van der Waals surface area contributed by atoms with E-state index in [0.717, 1.165) is 10.6 Å². The fourth-order valence-corrected chi connectivity index (χ4v) is 3.56. The number of thioether (sulfide) groups is 1. The first-order valence-corrected chi connectivity index (χ1v) is 8.63. The summed E-state index contributed by atoms with van der Waals surface area (Å²) in [5.74, 6) is -0.559. The smallest absolute Gasteiger partial charge is 0.238 e. The van der Waals surface area contributed by atoms with Crippen LogP contribution in [0.25, 0.3) is 0 Å². The van der Waals surface area contributed by atoms with Crippen molar-refractivity contribution in [3.05, 3.63) is 48.5 Å². The zero-order valence-electron chi connectivity index (χ0n) is 13.5. The van der Waals surface area contributed by atoms with Gasteiger partial charge in [-0.25, -0.2) is 0 Å². The molecule has 2 aromatic carbocycles. The van der Waals surface area contributed by atoms with Crippen molar-refractivity contribution in [3.63, 3.8) is 0 Å². The Bertz CT molecular complexity index is 821. The van der Waals surface area contributed by atoms with Crippen LogP contribution in [-0.2, 0) is 14.4 Å². The Balaban J connectivity index is 1.59. The summed E-state index contributed by atoms with van der Waals surface area (Å²) < 4.78 is 0. The van der Waals surface area contributed by atoms with E-state index in [2.05, 4.69) is 16.0 Å². The van der Waals surface area contributed by atoms with Crippen molar-refractivity contribution < 1.29 is 14.4 Å². The highest BCUT2D eigenvalue weighted by atomic mass is 32.2. The highest BCUT2D eigenvalue weighted by Crippen LogP contribution is 2.36. The second-order valence-electron chi connectivity index (χ2n) is 5.60. The van der Waals surface area contributed by atoms with Crippen LogP contribution in [0, 0.1) is 0 Å². The Kier molecular flexibility index (Phi) is 5.04. The summed E-state index contributed by atoms with van der Waals surface area (Å²) in [5, 5.41) is 7.79. The molecule has 1 atom stereocenters. The maximum Gasteiger partial charge on any atom is 0.238 e. The molecule has 3 rings (SSSR count). The summed E-state index contributed by atoms with van der Waals surface area (Å²) in [6.45, 7) is 1.43. The van der Waals surface area contributed by atoms with Gasteiger partial charge in [0.15, 0.2) is 0 Å². The highest BCUT2D eigenvalue weighted by molar-refractivity contribution is 8.01. The van der Waals surface area contributed by atoms with E-state index >= 15 is 0 Å². The van der Waals surface area contributed by atoms with Gasteiger partial charge < -0.3 is 16.0 Å². The van der Waals surface area contributed by atoms with Crippen molar-refractivity contribution in [1.82, 2.24) is 0 Å². The van der Waals surface area contributed by atoms with Crippen molar-refractivity contribution in [3.8, 4) is 0 Å². The van der Waals surface area contributed by atoms with Gasteiger partial charge in [-0.3, -0.25) is 14.4 Å². The van der Waals surface area contributed by atoms with Gasteiger partial charge in [-0.15, -0.1) is 11.8 Å². The topological polar surface area (TPSA) is 87.3 Å². The monoisotopic (exact) mass is 355 g/mol. The number of hydrogen-bond donors (Lipinski definition) is 3. The molecular formula is C18H17N3O3S. The number of hydrogen-bond acceptors (Lipinski definition) is 4. The Labute approximate surface area is 149 Å². The zero-order valence-corrected chi connectivity index (χ0v) is 14.4. The van der Waals surface area contributed by atoms with Crippen molar-refractivity contribution in [2.45, 2.75) is 23.5 Å². The van der Waals surface area contributed by atoms with E-state index in [-0.39, 0.29) is 24.1 Å². The third kappa shape index (κ3) is 4.39. The normalized spacial score (nSPS) is 15.7. The first-order chi connectivity index (χ1) is 12.0. The van der Waals surface area contributed by atoms with Crippen molar-refractivity contribution >= 4 is 46.5 Å². The molecule has 3 N–H and O–H groups in total. The third-order valence-electron chi connectivity index (χ3n) is 3.57. The number of nitrogens with one attached hydrogen (secondary N) is 3. The van der Waals surface area contributed by atoms with Crippen molar-refractivity contribution in [2.24, 2.45) is 0 Å². The lowest BCUT2D eigenvalue weighted by atomic mass is 10.2. The lowest BCUT2D eigenvalue weighted by Gasteiger charge is -2.23. The van der Waals surface area contributed by atoms with Gasteiger partial charge in [0.2, 0.25) is 17.7 Å². The molecule has 0 saturated carbocycles. The number of anilines is 3. The molecule has 25 heavy (non-hydrogen) atoms. The van der Waals surface area contributed by atoms with Crippen LogP contribution < -0.4 is 16.0 Å². The first-order valence-electron chi connectivity index (χ1n) is 7.75. The molecule has 0 saturated heterocycles. The van der Waals surface area contributed by atoms with Gasteiger partial charge in [0.1, 0.15) is 0 Å². The summed E-state index contributed by atoms with van der Waals surface area (Å²) in [4.78, 5) is 36.3. The fraction of sp³-hybridized carbons (Fsp3) is 0.167. The van der Waals surface area contributed by atoms with Gasteiger partial charge in [-0.05, 0) is 36.4 Å². The lowest BCUT2D eigenvalue weighted by Crippen LogP contribution is -2.32. The fourth-order valence-electron chi connectivity index (χ4n) is 2.45. The molecule has 0 aromatic heterocycles. The first kappa shape index (κ1) is 17.0. The van der Waals surface area contributed by atoms with E-state index in [1.807, 2.05) is 24.3 Å². The molecule has 6 nitrogen and oxygen atoms in total. The molecule has 128 valence electrons. The van der Waals surface area contributed by atoms with Crippen LogP contribution in [0.5, 0.6) is 0 Å². The molecule has 0 bridgehead atoms. The number of amides is 3. The quantitative estimate of drug-likeness (QED) is 0.786. The number of rotatable bonds is 4. The number of para-hydroxylation sites is 1. The minimum absolute atomic E-state index is 0.0816. The molecule has 1 heterocycles. The van der Waals surface area contributed by atoms with Crippen LogP contribution in [0.2, 0.25) is 0 Å². The average molecular weight is 355 g/mol. The van der Waals surface area contributed by atoms with Crippen LogP contribution in [-0.4, -0.2) is 23.0 Å². The SMILES string of the molecule is CC(=O)Nc1ccc(NC(=O)C[C@H]2Sc3ccccc3NC2=O)cc1. The van der Waals surface area contributed by atoms with E-state index in [0.29, 0.717) is 11.4 Å². The van der Waals surface area contributed by atoms with Gasteiger partial charge in [-0.2, -0.15) is 0 Å². The Morgan fingerprint density at radius 1 is 1.04 bits per heavy atom. The molecule has 0 spiro atoms. The van der Waals surface area contributed by atoms with Crippen LogP contribution >= 0.6 is 11.8 Å². The summed E-state index contributed by atoms with van der Waals surface area (Å²) in [6.07, 6.45) is 0.0816. The standard InChI is InChI=1S/C18H17N3O3S/c1-11(22)19-12-6-8-13(9-7-12)20-17(23)10-16-18(24)21-14-4-2-3-5-15(14)25-16/h2-9,16H,10H2,1H3,(H,19,22)(H,20,23)(H,21,24)/t16-/m1/s1. The van der Waals surface area contributed by atoms with Crippen molar-refractivity contribution in [1.29, 1.82) is 0 Å². The molecule has 1 aliphatic heterocycles. The minimum atomic E-state index is -0.464. The van der Waals surface area contributed by atoms with Gasteiger partial charge in [-0.1, -0.05) is 12.1 Å². The highest BCUT2D eigenvalue weighted by Gasteiger charge is 2.28. The molecular weight excluding hydrogens is 338 g/mol. The zero-order chi connectivity index (χ0) is 17.8. The van der Waals surface area contributed by atoms with Gasteiger partial charge in [0.05, 0.1) is 10.9 Å². The van der Waals surface area contributed by atoms with Gasteiger partial charge in [0, 0.05) is 29.6 Å². The van der Waals surface area contributed by atoms with Crippen LogP contribution in [0.1, 0.15) is 13.3 Å². The summed E-state index contributed by atoms with van der Waals surface area (Å²) in [5.41, 5.74) is 2.05. The number of carbonyl (C=O) groups excluding carboxylic acids is 3. The minimum Gasteiger partial charge on any atom is -0.326 e. The average Bonchev–Trinajstić information content (AvgIpc) is 2.57. The molecule has 3 amide bonds. The Morgan fingerprint density at radius 2 is 1.68 bits per heavy atom. The number of carbonyl (C=O) groups is 3. The molecule has 0 radical (unpaired) electrons. The molecule has 1 aliphatic rings. The van der Waals surface area contributed by atoms with Gasteiger partial charge in [0.25, 0.3) is 0 Å². The molecule has 0 aliphatic carbocycles. The predicted octanol–water partition coefficient (Wildman–Crippen LogP) is 3.09. The lowest BCUT2D eigenvalue weighted by molar-refractivity contribution is -0.120. The van der Waals surface area contributed by atoms with E-state index in [1.54, 1.807) is 24.3 Å². The Morgan fingerprint density at radius 3 is 2.36 bits per heavy atom. The van der Waals surface area contributed by atoms with E-state index in [9.17, 15) is 14.4 Å². The van der Waals surface area contributed by atoms with Crippen LogP contribution in [0.4, 0.5) is 17.1 Å². The second kappa shape index (κ2) is 7.40. The summed E-state index contributed by atoms with van der Waals surface area (Å²) in [7, 11) is 0. The Hall–Kier alpha value is -2.80. The van der Waals surface area contributed by atoms with E-state index < -0.39 is 5.25 Å². The predicted molar refractivity (Wildman–Crippen MR) is 98.7 cm³/mol. The third-order valence-corrected chi connectivity index (χ3v) is 4.84. The van der Waals surface area contributed by atoms with E-state index in [1.165, 1.54) is 18.7 Å². The van der Waals surface area contributed by atoms with Crippen LogP contribution in [0.3, 0.4) is 0 Å². The maximum atomic E-state index is 12.2. The summed E-state index contributed by atoms with van der Waals surface area (Å²) in [6, 6.07) is 14.3. The van der Waals surface area contributed by atoms with Crippen LogP contribution in [0.15, 0.2) is 53.4 Å². The maximum absolute atomic E-state index is 12.2.